The van der Waals surface area contributed by atoms with Crippen molar-refractivity contribution in [2.24, 2.45) is 16.7 Å². The van der Waals surface area contributed by atoms with Crippen molar-refractivity contribution in [3.63, 3.8) is 0 Å². The zero-order valence-corrected chi connectivity index (χ0v) is 16.7. The predicted molar refractivity (Wildman–Crippen MR) is 105 cm³/mol. The fourth-order valence-corrected chi connectivity index (χ4v) is 5.65. The van der Waals surface area contributed by atoms with E-state index in [-0.39, 0.29) is 11.3 Å². The molecule has 4 rings (SSSR count). The third-order valence-corrected chi connectivity index (χ3v) is 8.01. The first-order valence-electron chi connectivity index (χ1n) is 9.29. The van der Waals surface area contributed by atoms with Gasteiger partial charge in [-0.2, -0.15) is 0 Å². The van der Waals surface area contributed by atoms with Crippen LogP contribution in [0.25, 0.3) is 11.0 Å². The molecular formula is C20H27N3O2S. The minimum atomic E-state index is 0.0996. The quantitative estimate of drug-likeness (QED) is 0.778. The SMILES string of the molecule is COc1ccc2nc(SCC(=O)NC3CC4CCC3(C)C4(C)C)[nH]c2c1. The van der Waals surface area contributed by atoms with E-state index < -0.39 is 0 Å². The number of benzene rings is 1. The van der Waals surface area contributed by atoms with Gasteiger partial charge in [0.1, 0.15) is 5.75 Å². The number of rotatable bonds is 5. The maximum Gasteiger partial charge on any atom is 0.230 e. The van der Waals surface area contributed by atoms with Crippen molar-refractivity contribution in [2.75, 3.05) is 12.9 Å². The molecule has 2 aromatic rings. The number of methoxy groups -OCH3 is 1. The van der Waals surface area contributed by atoms with Gasteiger partial charge < -0.3 is 15.0 Å². The van der Waals surface area contributed by atoms with Crippen LogP contribution in [0, 0.1) is 16.7 Å². The van der Waals surface area contributed by atoms with Gasteiger partial charge in [-0.1, -0.05) is 32.5 Å². The monoisotopic (exact) mass is 373 g/mol. The Hall–Kier alpha value is -1.69. The second-order valence-corrected chi connectivity index (χ2v) is 9.41. The number of hydrogen-bond acceptors (Lipinski definition) is 4. The Morgan fingerprint density at radius 2 is 2.23 bits per heavy atom. The largest absolute Gasteiger partial charge is 0.497 e. The average molecular weight is 374 g/mol. The summed E-state index contributed by atoms with van der Waals surface area (Å²) in [5.74, 6) is 2.01. The molecule has 5 nitrogen and oxygen atoms in total. The van der Waals surface area contributed by atoms with Crippen molar-refractivity contribution in [2.45, 2.75) is 51.2 Å². The zero-order chi connectivity index (χ0) is 18.5. The van der Waals surface area contributed by atoms with Gasteiger partial charge in [0.25, 0.3) is 0 Å². The van der Waals surface area contributed by atoms with E-state index in [1.807, 2.05) is 18.2 Å². The summed E-state index contributed by atoms with van der Waals surface area (Å²) in [5.41, 5.74) is 2.34. The first-order chi connectivity index (χ1) is 12.3. The van der Waals surface area contributed by atoms with Crippen LogP contribution < -0.4 is 10.1 Å². The summed E-state index contributed by atoms with van der Waals surface area (Å²) < 4.78 is 5.24. The van der Waals surface area contributed by atoms with Crippen molar-refractivity contribution < 1.29 is 9.53 Å². The summed E-state index contributed by atoms with van der Waals surface area (Å²) in [6.07, 6.45) is 3.63. The highest BCUT2D eigenvalue weighted by molar-refractivity contribution is 7.99. The molecule has 0 spiro atoms. The van der Waals surface area contributed by atoms with Crippen LogP contribution in [0.3, 0.4) is 0 Å². The molecule has 0 aliphatic heterocycles. The van der Waals surface area contributed by atoms with Crippen LogP contribution in [0.2, 0.25) is 0 Å². The molecule has 2 bridgehead atoms. The van der Waals surface area contributed by atoms with E-state index >= 15 is 0 Å². The molecule has 0 radical (unpaired) electrons. The number of aromatic nitrogens is 2. The Kier molecular flexibility index (Phi) is 4.21. The lowest BCUT2D eigenvalue weighted by Gasteiger charge is -2.39. The lowest BCUT2D eigenvalue weighted by atomic mass is 9.69. The van der Waals surface area contributed by atoms with Gasteiger partial charge in [-0.05, 0) is 48.1 Å². The number of nitrogens with zero attached hydrogens (tertiary/aromatic N) is 1. The highest BCUT2D eigenvalue weighted by atomic mass is 32.2. The van der Waals surface area contributed by atoms with E-state index in [9.17, 15) is 4.79 Å². The van der Waals surface area contributed by atoms with E-state index in [0.29, 0.717) is 17.2 Å². The number of amides is 1. The topological polar surface area (TPSA) is 67.0 Å². The van der Waals surface area contributed by atoms with Gasteiger partial charge in [-0.3, -0.25) is 4.79 Å². The van der Waals surface area contributed by atoms with Gasteiger partial charge >= 0.3 is 0 Å². The van der Waals surface area contributed by atoms with Gasteiger partial charge in [-0.25, -0.2) is 4.98 Å². The molecular weight excluding hydrogens is 346 g/mol. The Morgan fingerprint density at radius 1 is 1.42 bits per heavy atom. The maximum atomic E-state index is 12.5. The number of imidazole rings is 1. The van der Waals surface area contributed by atoms with E-state index in [1.165, 1.54) is 24.6 Å². The van der Waals surface area contributed by atoms with Crippen molar-refractivity contribution in [1.29, 1.82) is 0 Å². The number of hydrogen-bond donors (Lipinski definition) is 2. The number of fused-ring (bicyclic) bond motifs is 3. The molecule has 6 heteroatoms. The Labute approximate surface area is 158 Å². The Bertz CT molecular complexity index is 847. The normalized spacial score (nSPS) is 29.2. The van der Waals surface area contributed by atoms with Crippen LogP contribution in [0.4, 0.5) is 0 Å². The number of carbonyl (C=O) groups excluding carboxylic acids is 1. The average Bonchev–Trinajstić information content (AvgIpc) is 3.18. The molecule has 3 unspecified atom stereocenters. The molecule has 2 saturated carbocycles. The van der Waals surface area contributed by atoms with Crippen LogP contribution in [0.15, 0.2) is 23.4 Å². The minimum Gasteiger partial charge on any atom is -0.497 e. The van der Waals surface area contributed by atoms with Crippen LogP contribution in [-0.2, 0) is 4.79 Å². The second-order valence-electron chi connectivity index (χ2n) is 8.44. The number of thioether (sulfide) groups is 1. The summed E-state index contributed by atoms with van der Waals surface area (Å²) in [5, 5.41) is 4.07. The number of H-pyrrole nitrogens is 1. The highest BCUT2D eigenvalue weighted by Crippen LogP contribution is 2.65. The first-order valence-corrected chi connectivity index (χ1v) is 10.3. The predicted octanol–water partition coefficient (Wildman–Crippen LogP) is 3.99. The molecule has 2 aliphatic rings. The standard InChI is InChI=1S/C20H27N3O2S/c1-19(2)12-7-8-20(19,3)16(9-12)23-17(24)11-26-18-21-14-6-5-13(25-4)10-15(14)22-18/h5-6,10,12,16H,7-9,11H2,1-4H3,(H,21,22)(H,23,24). The molecule has 0 saturated heterocycles. The van der Waals surface area contributed by atoms with E-state index in [1.54, 1.807) is 7.11 Å². The van der Waals surface area contributed by atoms with Crippen molar-refractivity contribution in [3.05, 3.63) is 18.2 Å². The van der Waals surface area contributed by atoms with Gasteiger partial charge in [0, 0.05) is 12.1 Å². The molecule has 2 fully saturated rings. The maximum absolute atomic E-state index is 12.5. The molecule has 3 atom stereocenters. The summed E-state index contributed by atoms with van der Waals surface area (Å²) in [6, 6.07) is 6.03. The molecule has 1 amide bonds. The third-order valence-electron chi connectivity index (χ3n) is 7.14. The first kappa shape index (κ1) is 17.7. The lowest BCUT2D eigenvalue weighted by molar-refractivity contribution is -0.120. The molecule has 1 heterocycles. The smallest absolute Gasteiger partial charge is 0.230 e. The summed E-state index contributed by atoms with van der Waals surface area (Å²) >= 11 is 1.45. The third kappa shape index (κ3) is 2.70. The zero-order valence-electron chi connectivity index (χ0n) is 15.9. The van der Waals surface area contributed by atoms with E-state index in [4.69, 9.17) is 4.74 Å². The Morgan fingerprint density at radius 3 is 2.88 bits per heavy atom. The van der Waals surface area contributed by atoms with Crippen LogP contribution >= 0.6 is 11.8 Å². The van der Waals surface area contributed by atoms with Crippen LogP contribution in [0.1, 0.15) is 40.0 Å². The molecule has 26 heavy (non-hydrogen) atoms. The lowest BCUT2D eigenvalue weighted by Crippen LogP contribution is -2.47. The Balaban J connectivity index is 1.38. The molecule has 2 N–H and O–H groups in total. The van der Waals surface area contributed by atoms with E-state index in [0.717, 1.165) is 34.3 Å². The second kappa shape index (κ2) is 6.19. The van der Waals surface area contributed by atoms with Gasteiger partial charge in [0.2, 0.25) is 5.91 Å². The van der Waals surface area contributed by atoms with Gasteiger partial charge in [-0.15, -0.1) is 0 Å². The number of ether oxygens (including phenoxy) is 1. The van der Waals surface area contributed by atoms with E-state index in [2.05, 4.69) is 36.1 Å². The fraction of sp³-hybridized carbons (Fsp3) is 0.600. The van der Waals surface area contributed by atoms with Gasteiger partial charge in [0.05, 0.1) is 23.9 Å². The molecule has 140 valence electrons. The van der Waals surface area contributed by atoms with Gasteiger partial charge in [0.15, 0.2) is 5.16 Å². The number of nitrogens with one attached hydrogen (secondary N) is 2. The fourth-order valence-electron chi connectivity index (χ4n) is 4.95. The van der Waals surface area contributed by atoms with Crippen molar-refractivity contribution >= 4 is 28.7 Å². The van der Waals surface area contributed by atoms with Crippen molar-refractivity contribution in [3.8, 4) is 5.75 Å². The van der Waals surface area contributed by atoms with Crippen LogP contribution in [0.5, 0.6) is 5.75 Å². The molecule has 1 aromatic heterocycles. The molecule has 1 aromatic carbocycles. The van der Waals surface area contributed by atoms with Crippen molar-refractivity contribution in [1.82, 2.24) is 15.3 Å². The number of carbonyl (C=O) groups is 1. The highest BCUT2D eigenvalue weighted by Gasteiger charge is 2.61. The minimum absolute atomic E-state index is 0.0996. The van der Waals surface area contributed by atoms with Crippen LogP contribution in [-0.4, -0.2) is 34.8 Å². The molecule has 2 aliphatic carbocycles. The summed E-state index contributed by atoms with van der Waals surface area (Å²) in [6.45, 7) is 7.09. The summed E-state index contributed by atoms with van der Waals surface area (Å²) in [4.78, 5) is 20.3. The number of aromatic amines is 1. The summed E-state index contributed by atoms with van der Waals surface area (Å²) in [7, 11) is 1.65.